The van der Waals surface area contributed by atoms with Crippen molar-refractivity contribution in [3.8, 4) is 22.4 Å². The van der Waals surface area contributed by atoms with Gasteiger partial charge in [0.25, 0.3) is 0 Å². The Morgan fingerprint density at radius 3 is 2.12 bits per heavy atom. The van der Waals surface area contributed by atoms with Gasteiger partial charge in [-0.15, -0.1) is 12.8 Å². The van der Waals surface area contributed by atoms with Gasteiger partial charge in [0.15, 0.2) is 5.95 Å². The molecule has 164 valence electrons. The Balaban J connectivity index is 0.00000141. The molecule has 0 aliphatic heterocycles. The van der Waals surface area contributed by atoms with Crippen molar-refractivity contribution in [3.63, 3.8) is 0 Å². The fraction of sp³-hybridized carbons (Fsp3) is 0.120. The van der Waals surface area contributed by atoms with E-state index < -0.39 is 0 Å². The van der Waals surface area contributed by atoms with Gasteiger partial charge in [0.1, 0.15) is 0 Å². The summed E-state index contributed by atoms with van der Waals surface area (Å²) in [7, 11) is 0. The highest BCUT2D eigenvalue weighted by molar-refractivity contribution is 7.77. The van der Waals surface area contributed by atoms with Crippen molar-refractivity contribution in [3.05, 3.63) is 96.2 Å². The molecule has 3 aromatic carbocycles. The predicted octanol–water partition coefficient (Wildman–Crippen LogP) is 4.54. The lowest BCUT2D eigenvalue weighted by Gasteiger charge is -2.13. The van der Waals surface area contributed by atoms with Crippen molar-refractivity contribution in [2.75, 3.05) is 5.73 Å². The maximum absolute atomic E-state index is 12.6. The molecular formula is C25H27N5OS. The highest BCUT2D eigenvalue weighted by atomic mass is 32.1. The van der Waals surface area contributed by atoms with Crippen LogP contribution in [0.1, 0.15) is 24.0 Å². The minimum absolute atomic E-state index is 0.00730. The summed E-state index contributed by atoms with van der Waals surface area (Å²) in [6.45, 7) is 2.41. The van der Waals surface area contributed by atoms with Gasteiger partial charge in [-0.3, -0.25) is 9.93 Å². The summed E-state index contributed by atoms with van der Waals surface area (Å²) in [5.41, 5.74) is 11.8. The first-order valence-corrected chi connectivity index (χ1v) is 10.7. The molecule has 0 spiro atoms. The van der Waals surface area contributed by atoms with E-state index in [4.69, 9.17) is 5.73 Å². The fourth-order valence-electron chi connectivity index (χ4n) is 3.37. The minimum atomic E-state index is -0.220. The topological polar surface area (TPSA) is 110 Å². The normalized spacial score (nSPS) is 11.2. The molecule has 7 heteroatoms. The molecule has 0 aliphatic rings. The largest absolute Gasteiger partial charge is 0.369 e. The summed E-state index contributed by atoms with van der Waals surface area (Å²) in [6, 6.07) is 26.4. The van der Waals surface area contributed by atoms with Gasteiger partial charge in [-0.1, -0.05) is 78.9 Å². The van der Waals surface area contributed by atoms with Crippen LogP contribution < -0.4 is 16.2 Å². The van der Waals surface area contributed by atoms with Crippen molar-refractivity contribution in [2.24, 2.45) is 5.14 Å². The van der Waals surface area contributed by atoms with E-state index in [0.29, 0.717) is 12.5 Å². The second-order valence-electron chi connectivity index (χ2n) is 7.31. The number of nitrogens with one attached hydrogen (secondary N) is 2. The molecule has 4 rings (SSSR count). The van der Waals surface area contributed by atoms with Crippen molar-refractivity contribution >= 4 is 24.7 Å². The smallest absolute Gasteiger partial charge is 0.227 e. The van der Waals surface area contributed by atoms with Crippen LogP contribution in [0.4, 0.5) is 5.95 Å². The number of nitrogens with zero attached hydrogens (tertiary/aromatic N) is 1. The maximum atomic E-state index is 12.6. The first-order chi connectivity index (χ1) is 15.6. The number of benzene rings is 3. The zero-order valence-electron chi connectivity index (χ0n) is 17.8. The van der Waals surface area contributed by atoms with Crippen molar-refractivity contribution in [1.29, 1.82) is 0 Å². The first kappa shape index (κ1) is 23.1. The van der Waals surface area contributed by atoms with Gasteiger partial charge in [0.05, 0.1) is 17.8 Å². The zero-order chi connectivity index (χ0) is 22.9. The van der Waals surface area contributed by atoms with Gasteiger partial charge in [0.2, 0.25) is 5.91 Å². The van der Waals surface area contributed by atoms with E-state index in [2.05, 4.69) is 57.5 Å². The van der Waals surface area contributed by atoms with Crippen molar-refractivity contribution in [1.82, 2.24) is 15.3 Å². The maximum Gasteiger partial charge on any atom is 0.227 e. The van der Waals surface area contributed by atoms with Crippen LogP contribution >= 0.6 is 12.8 Å². The van der Waals surface area contributed by atoms with Gasteiger partial charge in [0, 0.05) is 6.54 Å². The molecule has 32 heavy (non-hydrogen) atoms. The van der Waals surface area contributed by atoms with Crippen LogP contribution in [0.5, 0.6) is 0 Å². The fourth-order valence-corrected chi connectivity index (χ4v) is 3.37. The number of nitrogens with two attached hydrogens (primary N) is 2. The first-order valence-electron chi connectivity index (χ1n) is 10.2. The lowest BCUT2D eigenvalue weighted by molar-refractivity contribution is -0.122. The summed E-state index contributed by atoms with van der Waals surface area (Å²) in [4.78, 5) is 19.6. The molecule has 1 aromatic heterocycles. The molecule has 0 radical (unpaired) electrons. The van der Waals surface area contributed by atoms with Crippen molar-refractivity contribution in [2.45, 2.75) is 19.4 Å². The van der Waals surface area contributed by atoms with Crippen LogP contribution in [-0.4, -0.2) is 15.9 Å². The Morgan fingerprint density at radius 2 is 1.53 bits per heavy atom. The monoisotopic (exact) mass is 445 g/mol. The van der Waals surface area contributed by atoms with E-state index in [9.17, 15) is 4.79 Å². The summed E-state index contributed by atoms with van der Waals surface area (Å²) < 4.78 is 0. The quantitative estimate of drug-likeness (QED) is 0.281. The minimum Gasteiger partial charge on any atom is -0.369 e. The lowest BCUT2D eigenvalue weighted by atomic mass is 9.97. The van der Waals surface area contributed by atoms with Crippen LogP contribution in [0.3, 0.4) is 0 Å². The van der Waals surface area contributed by atoms with E-state index in [-0.39, 0.29) is 11.8 Å². The molecule has 1 atom stereocenters. The molecule has 4 aromatic rings. The van der Waals surface area contributed by atoms with Gasteiger partial charge >= 0.3 is 0 Å². The number of carbonyl (C=O) groups is 1. The molecule has 6 N–H and O–H groups in total. The second kappa shape index (κ2) is 11.2. The number of imidazole rings is 1. The molecule has 1 amide bonds. The number of H-pyrrole nitrogens is 1. The Morgan fingerprint density at radius 1 is 0.938 bits per heavy atom. The lowest BCUT2D eigenvalue weighted by Crippen LogP contribution is -2.27. The third kappa shape index (κ3) is 5.78. The number of hydrogen-bond acceptors (Lipinski definition) is 5. The van der Waals surface area contributed by atoms with E-state index in [1.165, 1.54) is 5.56 Å². The van der Waals surface area contributed by atoms with Crippen LogP contribution in [-0.2, 0) is 11.3 Å². The molecule has 1 unspecified atom stereocenters. The zero-order valence-corrected chi connectivity index (χ0v) is 18.7. The summed E-state index contributed by atoms with van der Waals surface area (Å²) in [5, 5.41) is 7.22. The third-order valence-corrected chi connectivity index (χ3v) is 5.24. The summed E-state index contributed by atoms with van der Waals surface area (Å²) in [5.74, 6) is 0.182. The van der Waals surface area contributed by atoms with Crippen LogP contribution in [0.15, 0.2) is 85.1 Å². The SMILES string of the molecule is CC(C(=O)NCc1ccc(-c2cnc(N)[nH]2)cc1)c1ccc(-c2ccccc2)cc1.NS. The molecule has 0 saturated heterocycles. The molecule has 0 bridgehead atoms. The van der Waals surface area contributed by atoms with Gasteiger partial charge in [-0.25, -0.2) is 4.98 Å². The van der Waals surface area contributed by atoms with Gasteiger partial charge in [-0.05, 0) is 34.7 Å². The molecule has 1 heterocycles. The molecular weight excluding hydrogens is 418 g/mol. The number of thiol groups is 1. The number of anilines is 1. The Bertz CT molecular complexity index is 1130. The number of hydrogen-bond donors (Lipinski definition) is 5. The number of amides is 1. The average molecular weight is 446 g/mol. The van der Waals surface area contributed by atoms with E-state index in [1.54, 1.807) is 6.20 Å². The molecule has 6 nitrogen and oxygen atoms in total. The highest BCUT2D eigenvalue weighted by Gasteiger charge is 2.15. The number of aromatic nitrogens is 2. The third-order valence-electron chi connectivity index (χ3n) is 5.24. The Hall–Kier alpha value is -3.55. The van der Waals surface area contributed by atoms with Crippen LogP contribution in [0.25, 0.3) is 22.4 Å². The van der Waals surface area contributed by atoms with Gasteiger partial charge in [-0.2, -0.15) is 0 Å². The van der Waals surface area contributed by atoms with Crippen LogP contribution in [0.2, 0.25) is 0 Å². The molecule has 0 fully saturated rings. The van der Waals surface area contributed by atoms with E-state index >= 15 is 0 Å². The Kier molecular flexibility index (Phi) is 8.08. The summed E-state index contributed by atoms with van der Waals surface area (Å²) in [6.07, 6.45) is 1.71. The highest BCUT2D eigenvalue weighted by Crippen LogP contribution is 2.23. The molecule has 0 saturated carbocycles. The standard InChI is InChI=1S/C25H24N4O.H3NS/c1-17(19-11-13-21(14-12-19)20-5-3-2-4-6-20)24(30)27-15-18-7-9-22(10-8-18)23-16-28-25(26)29-23;1-2/h2-14,16-17H,15H2,1H3,(H,27,30)(H3,26,28,29);2H,1H2. The van der Waals surface area contributed by atoms with E-state index in [1.807, 2.05) is 61.5 Å². The number of nitrogen functional groups attached to an aromatic ring is 1. The van der Waals surface area contributed by atoms with E-state index in [0.717, 1.165) is 27.9 Å². The molecule has 0 aliphatic carbocycles. The predicted molar refractivity (Wildman–Crippen MR) is 134 cm³/mol. The second-order valence-corrected chi connectivity index (χ2v) is 7.31. The average Bonchev–Trinajstić information content (AvgIpc) is 3.30. The van der Waals surface area contributed by atoms with Crippen LogP contribution in [0, 0.1) is 0 Å². The number of rotatable bonds is 6. The number of aromatic amines is 1. The Labute approximate surface area is 193 Å². The van der Waals surface area contributed by atoms with Gasteiger partial charge < -0.3 is 16.0 Å². The van der Waals surface area contributed by atoms with Crippen molar-refractivity contribution < 1.29 is 4.79 Å². The summed E-state index contributed by atoms with van der Waals surface area (Å²) >= 11 is 3.03. The number of carbonyl (C=O) groups excluding carboxylic acids is 1.